The van der Waals surface area contributed by atoms with Crippen LogP contribution < -0.4 is 31.1 Å². The third kappa shape index (κ3) is 8.44. The van der Waals surface area contributed by atoms with Gasteiger partial charge in [0.2, 0.25) is 0 Å². The molecule has 1 saturated carbocycles. The van der Waals surface area contributed by atoms with Gasteiger partial charge in [0.15, 0.2) is 0 Å². The van der Waals surface area contributed by atoms with E-state index >= 15 is 0 Å². The molecule has 0 spiro atoms. The summed E-state index contributed by atoms with van der Waals surface area (Å²) in [6.45, 7) is 33.3. The van der Waals surface area contributed by atoms with E-state index in [1.54, 1.807) is 0 Å². The fourth-order valence-electron chi connectivity index (χ4n) is 14.4. The Morgan fingerprint density at radius 3 is 1.27 bits per heavy atom. The van der Waals surface area contributed by atoms with Crippen molar-refractivity contribution >= 4 is 68.6 Å². The van der Waals surface area contributed by atoms with Gasteiger partial charge >= 0.3 is 0 Å². The van der Waals surface area contributed by atoms with Crippen LogP contribution in [0.5, 0.6) is 0 Å². The zero-order chi connectivity index (χ0) is 56.8. The highest BCUT2D eigenvalue weighted by molar-refractivity contribution is 7.00. The molecule has 0 bridgehead atoms. The molecule has 81 heavy (non-hydrogen) atoms. The van der Waals surface area contributed by atoms with Crippen LogP contribution in [-0.4, -0.2) is 12.3 Å². The van der Waals surface area contributed by atoms with E-state index in [2.05, 4.69) is 306 Å². The minimum Gasteiger partial charge on any atom is -0.334 e. The van der Waals surface area contributed by atoms with Gasteiger partial charge in [-0.3, -0.25) is 0 Å². The van der Waals surface area contributed by atoms with Gasteiger partial charge in [-0.25, -0.2) is 0 Å². The van der Waals surface area contributed by atoms with Crippen molar-refractivity contribution < 1.29 is 0 Å². The monoisotopic (exact) mass is 1060 g/mol. The lowest BCUT2D eigenvalue weighted by atomic mass is 9.33. The van der Waals surface area contributed by atoms with E-state index in [0.29, 0.717) is 0 Å². The fraction of sp³-hybridized carbons (Fsp3) is 0.299. The molecule has 4 heteroatoms. The molecule has 0 saturated heterocycles. The van der Waals surface area contributed by atoms with Crippen LogP contribution in [0.1, 0.15) is 144 Å². The second-order valence-corrected chi connectivity index (χ2v) is 28.6. The van der Waals surface area contributed by atoms with Gasteiger partial charge < -0.3 is 14.7 Å². The van der Waals surface area contributed by atoms with Crippen molar-refractivity contribution in [3.05, 3.63) is 222 Å². The predicted molar refractivity (Wildman–Crippen MR) is 350 cm³/mol. The molecule has 406 valence electrons. The molecule has 0 aromatic heterocycles. The lowest BCUT2D eigenvalue weighted by Gasteiger charge is -2.47. The van der Waals surface area contributed by atoms with Gasteiger partial charge in [-0.15, -0.1) is 0 Å². The van der Waals surface area contributed by atoms with Crippen molar-refractivity contribution in [2.45, 2.75) is 149 Å². The van der Waals surface area contributed by atoms with E-state index in [-0.39, 0.29) is 39.3 Å². The van der Waals surface area contributed by atoms with E-state index in [9.17, 15) is 0 Å². The molecule has 4 aliphatic rings. The van der Waals surface area contributed by atoms with Crippen LogP contribution in [0.15, 0.2) is 194 Å². The molecule has 1 fully saturated rings. The summed E-state index contributed by atoms with van der Waals surface area (Å²) in [5.74, 6) is 0. The Hall–Kier alpha value is -7.56. The summed E-state index contributed by atoms with van der Waals surface area (Å²) in [5, 5.41) is 0. The minimum absolute atomic E-state index is 0.0170. The van der Waals surface area contributed by atoms with E-state index in [1.807, 2.05) is 0 Å². The summed E-state index contributed by atoms with van der Waals surface area (Å²) in [4.78, 5) is 8.22. The third-order valence-corrected chi connectivity index (χ3v) is 19.4. The number of anilines is 8. The summed E-state index contributed by atoms with van der Waals surface area (Å²) in [6.07, 6.45) is 3.43. The third-order valence-electron chi connectivity index (χ3n) is 19.4. The van der Waals surface area contributed by atoms with Crippen molar-refractivity contribution in [3.63, 3.8) is 0 Å². The minimum atomic E-state index is -0.187. The van der Waals surface area contributed by atoms with E-state index < -0.39 is 0 Å². The zero-order valence-corrected chi connectivity index (χ0v) is 50.5. The first-order valence-corrected chi connectivity index (χ1v) is 29.9. The molecule has 2 atom stereocenters. The van der Waals surface area contributed by atoms with E-state index in [0.717, 1.165) is 12.8 Å². The Balaban J connectivity index is 1.20. The lowest BCUT2D eigenvalue weighted by Crippen LogP contribution is -2.61. The Morgan fingerprint density at radius 1 is 0.358 bits per heavy atom. The molecule has 13 rings (SSSR count). The number of hydrogen-bond acceptors (Lipinski definition) is 3. The number of benzene rings is 9. The van der Waals surface area contributed by atoms with Gasteiger partial charge in [0, 0.05) is 50.7 Å². The largest absolute Gasteiger partial charge is 0.334 e. The zero-order valence-electron chi connectivity index (χ0n) is 50.5. The summed E-state index contributed by atoms with van der Waals surface area (Å²) in [6, 6.07) is 75.6. The molecule has 0 N–H and O–H groups in total. The SMILES string of the molecule is CC(C)(C)c1ccc(N2c3cc(-c4ccccc4)ccc3B3c4ccc(C(C)(C)C)cc4N(c4ccc(C(C)(C)C)cc4-c4ccccc4)c4cc(N5c6ccc(C(C)(C)C)cc6C6(C)CCCC56C)cc2c43)c(-c2ccccc2)c1. The smallest absolute Gasteiger partial charge is 0.252 e. The van der Waals surface area contributed by atoms with Crippen LogP contribution in [0, 0.1) is 0 Å². The van der Waals surface area contributed by atoms with Crippen LogP contribution in [0.4, 0.5) is 45.5 Å². The highest BCUT2D eigenvalue weighted by atomic mass is 15.3. The van der Waals surface area contributed by atoms with E-state index in [4.69, 9.17) is 0 Å². The Kier molecular flexibility index (Phi) is 12.0. The van der Waals surface area contributed by atoms with Crippen LogP contribution in [-0.2, 0) is 27.1 Å². The van der Waals surface area contributed by atoms with Crippen molar-refractivity contribution in [1.29, 1.82) is 0 Å². The molecule has 0 radical (unpaired) electrons. The molecule has 1 aliphatic carbocycles. The number of hydrogen-bond donors (Lipinski definition) is 0. The van der Waals surface area contributed by atoms with Crippen LogP contribution in [0.3, 0.4) is 0 Å². The normalized spacial score (nSPS) is 18.3. The lowest BCUT2D eigenvalue weighted by molar-refractivity contribution is 0.330. The van der Waals surface area contributed by atoms with Crippen molar-refractivity contribution in [3.8, 4) is 33.4 Å². The van der Waals surface area contributed by atoms with Crippen LogP contribution in [0.2, 0.25) is 0 Å². The molecule has 0 amide bonds. The number of fused-ring (bicyclic) bond motifs is 7. The van der Waals surface area contributed by atoms with Gasteiger partial charge in [0.25, 0.3) is 6.71 Å². The quantitative estimate of drug-likeness (QED) is 0.154. The van der Waals surface area contributed by atoms with Crippen molar-refractivity contribution in [1.82, 2.24) is 0 Å². The van der Waals surface area contributed by atoms with Crippen LogP contribution >= 0.6 is 0 Å². The first kappa shape index (κ1) is 52.8. The Labute approximate surface area is 484 Å². The first-order valence-electron chi connectivity index (χ1n) is 29.9. The summed E-state index contributed by atoms with van der Waals surface area (Å²) in [7, 11) is 0. The van der Waals surface area contributed by atoms with Crippen LogP contribution in [0.25, 0.3) is 33.4 Å². The number of nitrogens with zero attached hydrogens (tertiary/aromatic N) is 3. The highest BCUT2D eigenvalue weighted by Gasteiger charge is 2.60. The molecule has 3 heterocycles. The second-order valence-electron chi connectivity index (χ2n) is 28.6. The maximum absolute atomic E-state index is 2.82. The molecular weight excluding hydrogens is 978 g/mol. The molecule has 3 aliphatic heterocycles. The van der Waals surface area contributed by atoms with Gasteiger partial charge in [-0.05, 0) is 162 Å². The maximum Gasteiger partial charge on any atom is 0.252 e. The average molecular weight is 1060 g/mol. The fourth-order valence-corrected chi connectivity index (χ4v) is 14.4. The summed E-state index contributed by atoms with van der Waals surface area (Å²) >= 11 is 0. The van der Waals surface area contributed by atoms with E-state index in [1.165, 1.54) is 130 Å². The maximum atomic E-state index is 2.82. The Bertz CT molecular complexity index is 3940. The van der Waals surface area contributed by atoms with Gasteiger partial charge in [-0.1, -0.05) is 236 Å². The average Bonchev–Trinajstić information content (AvgIpc) is 4.07. The number of rotatable bonds is 6. The molecule has 2 unspecified atom stereocenters. The molecular formula is C77H80BN3. The molecule has 9 aromatic carbocycles. The van der Waals surface area contributed by atoms with Crippen molar-refractivity contribution in [2.24, 2.45) is 0 Å². The van der Waals surface area contributed by atoms with Gasteiger partial charge in [0.05, 0.1) is 16.9 Å². The highest BCUT2D eigenvalue weighted by Crippen LogP contribution is 2.64. The standard InChI is InChI=1S/C77H80BN3/c1-72(2,3)54-33-38-64(59(44-54)51-27-20-16-21-28-51)79-67-43-53(50-25-18-15-19-26-50)31-36-62(67)78-63-37-32-57(75(10,11)12)47-68(63)80(65-39-34-55(73(4,5)6)45-60(65)52-29-22-17-23-30-52)70-49-58(48-69(79)71(70)78)81-66-40-35-56(74(7,8)9)46-61(66)76(13)41-24-42-77(76,81)14/h15-23,25-40,43-49H,24,41-42H2,1-14H3. The topological polar surface area (TPSA) is 9.72 Å². The van der Waals surface area contributed by atoms with Gasteiger partial charge in [0.1, 0.15) is 0 Å². The summed E-state index contributed by atoms with van der Waals surface area (Å²) in [5.41, 5.74) is 27.4. The second kappa shape index (κ2) is 18.5. The first-order chi connectivity index (χ1) is 38.4. The van der Waals surface area contributed by atoms with Crippen molar-refractivity contribution in [2.75, 3.05) is 14.7 Å². The molecule has 3 nitrogen and oxygen atoms in total. The van der Waals surface area contributed by atoms with Gasteiger partial charge in [-0.2, -0.15) is 0 Å². The summed E-state index contributed by atoms with van der Waals surface area (Å²) < 4.78 is 0. The Morgan fingerprint density at radius 2 is 0.778 bits per heavy atom. The molecule has 9 aromatic rings. The predicted octanol–water partition coefficient (Wildman–Crippen LogP) is 19.3.